The van der Waals surface area contributed by atoms with Gasteiger partial charge in [-0.05, 0) is 34.7 Å². The van der Waals surface area contributed by atoms with E-state index in [0.29, 0.717) is 5.56 Å². The Kier molecular flexibility index (Phi) is 3.32. The molecule has 1 amide bonds. The van der Waals surface area contributed by atoms with Crippen molar-refractivity contribution in [2.75, 3.05) is 7.11 Å². The highest BCUT2D eigenvalue weighted by Crippen LogP contribution is 2.33. The van der Waals surface area contributed by atoms with Crippen LogP contribution in [0.3, 0.4) is 0 Å². The summed E-state index contributed by atoms with van der Waals surface area (Å²) in [6, 6.07) is 19.3. The van der Waals surface area contributed by atoms with Gasteiger partial charge in [0, 0.05) is 10.9 Å². The minimum absolute atomic E-state index is 0.433. The van der Waals surface area contributed by atoms with E-state index >= 15 is 0 Å². The molecule has 0 heterocycles. The molecular formula is C18H15NO2. The van der Waals surface area contributed by atoms with E-state index < -0.39 is 5.91 Å². The molecule has 0 aliphatic rings. The molecule has 0 atom stereocenters. The molecule has 21 heavy (non-hydrogen) atoms. The van der Waals surface area contributed by atoms with Crippen LogP contribution >= 0.6 is 0 Å². The smallest absolute Gasteiger partial charge is 0.249 e. The number of nitrogens with two attached hydrogens (primary N) is 1. The van der Waals surface area contributed by atoms with Gasteiger partial charge in [-0.1, -0.05) is 42.5 Å². The van der Waals surface area contributed by atoms with Crippen molar-refractivity contribution >= 4 is 16.7 Å². The fraction of sp³-hybridized carbons (Fsp3) is 0.0556. The zero-order valence-corrected chi connectivity index (χ0v) is 11.7. The third-order valence-corrected chi connectivity index (χ3v) is 3.55. The summed E-state index contributed by atoms with van der Waals surface area (Å²) in [6.07, 6.45) is 0. The maximum absolute atomic E-state index is 11.6. The number of hydrogen-bond donors (Lipinski definition) is 1. The lowest BCUT2D eigenvalue weighted by atomic mass is 9.96. The van der Waals surface area contributed by atoms with Gasteiger partial charge in [-0.3, -0.25) is 4.79 Å². The molecular weight excluding hydrogens is 262 g/mol. The van der Waals surface area contributed by atoms with E-state index in [9.17, 15) is 4.79 Å². The van der Waals surface area contributed by atoms with Crippen LogP contribution in [0, 0.1) is 0 Å². The lowest BCUT2D eigenvalue weighted by molar-refractivity contribution is 0.100. The van der Waals surface area contributed by atoms with Crippen molar-refractivity contribution in [2.24, 2.45) is 5.73 Å². The molecule has 3 heteroatoms. The maximum atomic E-state index is 11.6. The Morgan fingerprint density at radius 2 is 1.71 bits per heavy atom. The minimum Gasteiger partial charge on any atom is -0.496 e. The van der Waals surface area contributed by atoms with Crippen LogP contribution in [0.2, 0.25) is 0 Å². The van der Waals surface area contributed by atoms with Crippen LogP contribution in [0.4, 0.5) is 0 Å². The van der Waals surface area contributed by atoms with E-state index in [2.05, 4.69) is 0 Å². The second-order valence-electron chi connectivity index (χ2n) is 4.81. The molecule has 0 spiro atoms. The van der Waals surface area contributed by atoms with Crippen LogP contribution in [0.1, 0.15) is 10.4 Å². The van der Waals surface area contributed by atoms with Gasteiger partial charge in [0.15, 0.2) is 0 Å². The van der Waals surface area contributed by atoms with Crippen molar-refractivity contribution in [1.29, 1.82) is 0 Å². The van der Waals surface area contributed by atoms with Crippen molar-refractivity contribution in [3.05, 3.63) is 66.2 Å². The van der Waals surface area contributed by atoms with Gasteiger partial charge >= 0.3 is 0 Å². The standard InChI is InChI=1S/C18H15NO2/c1-21-17-11-13(10-12-6-2-3-8-15(12)17)14-7-4-5-9-16(14)18(19)20/h2-11H,1H3,(H2,19,20). The van der Waals surface area contributed by atoms with Crippen molar-refractivity contribution < 1.29 is 9.53 Å². The first kappa shape index (κ1) is 13.2. The third kappa shape index (κ3) is 2.34. The van der Waals surface area contributed by atoms with E-state index in [4.69, 9.17) is 10.5 Å². The molecule has 3 rings (SSSR count). The normalized spacial score (nSPS) is 10.5. The predicted octanol–water partition coefficient (Wildman–Crippen LogP) is 3.61. The van der Waals surface area contributed by atoms with Crippen molar-refractivity contribution in [2.45, 2.75) is 0 Å². The summed E-state index contributed by atoms with van der Waals surface area (Å²) in [6.45, 7) is 0. The van der Waals surface area contributed by atoms with Crippen LogP contribution in [0.5, 0.6) is 5.75 Å². The molecule has 3 aromatic carbocycles. The molecule has 104 valence electrons. The van der Waals surface area contributed by atoms with Crippen LogP contribution < -0.4 is 10.5 Å². The van der Waals surface area contributed by atoms with Gasteiger partial charge < -0.3 is 10.5 Å². The summed E-state index contributed by atoms with van der Waals surface area (Å²) in [4.78, 5) is 11.6. The maximum Gasteiger partial charge on any atom is 0.249 e. The summed E-state index contributed by atoms with van der Waals surface area (Å²) in [5.41, 5.74) is 7.70. The second-order valence-corrected chi connectivity index (χ2v) is 4.81. The highest BCUT2D eigenvalue weighted by atomic mass is 16.5. The molecule has 3 aromatic rings. The molecule has 2 N–H and O–H groups in total. The van der Waals surface area contributed by atoms with Gasteiger partial charge in [0.1, 0.15) is 5.75 Å². The van der Waals surface area contributed by atoms with Gasteiger partial charge in [0.25, 0.3) is 0 Å². The number of fused-ring (bicyclic) bond motifs is 1. The Morgan fingerprint density at radius 3 is 2.48 bits per heavy atom. The van der Waals surface area contributed by atoms with E-state index in [1.54, 1.807) is 13.2 Å². The second kappa shape index (κ2) is 5.29. The lowest BCUT2D eigenvalue weighted by Gasteiger charge is -2.11. The van der Waals surface area contributed by atoms with Crippen molar-refractivity contribution in [3.63, 3.8) is 0 Å². The number of carbonyl (C=O) groups is 1. The van der Waals surface area contributed by atoms with Crippen LogP contribution in [0.25, 0.3) is 21.9 Å². The van der Waals surface area contributed by atoms with Gasteiger partial charge in [-0.25, -0.2) is 0 Å². The molecule has 0 radical (unpaired) electrons. The zero-order valence-electron chi connectivity index (χ0n) is 11.7. The van der Waals surface area contributed by atoms with Crippen molar-refractivity contribution in [1.82, 2.24) is 0 Å². The Hall–Kier alpha value is -2.81. The molecule has 0 saturated carbocycles. The monoisotopic (exact) mass is 277 g/mol. The average Bonchev–Trinajstić information content (AvgIpc) is 2.53. The fourth-order valence-electron chi connectivity index (χ4n) is 2.55. The average molecular weight is 277 g/mol. The van der Waals surface area contributed by atoms with Gasteiger partial charge in [0.2, 0.25) is 5.91 Å². The first-order valence-corrected chi connectivity index (χ1v) is 6.66. The van der Waals surface area contributed by atoms with E-state index in [1.165, 1.54) is 0 Å². The number of benzene rings is 3. The Bertz CT molecular complexity index is 824. The number of ether oxygens (including phenoxy) is 1. The van der Waals surface area contributed by atoms with E-state index in [0.717, 1.165) is 27.6 Å². The Morgan fingerprint density at radius 1 is 1.00 bits per heavy atom. The number of amides is 1. The van der Waals surface area contributed by atoms with E-state index in [-0.39, 0.29) is 0 Å². The number of methoxy groups -OCH3 is 1. The highest BCUT2D eigenvalue weighted by molar-refractivity contribution is 6.01. The lowest BCUT2D eigenvalue weighted by Crippen LogP contribution is -2.12. The first-order chi connectivity index (χ1) is 10.2. The topological polar surface area (TPSA) is 52.3 Å². The molecule has 0 bridgehead atoms. The minimum atomic E-state index is -0.433. The fourth-order valence-corrected chi connectivity index (χ4v) is 2.55. The molecule has 0 aromatic heterocycles. The van der Waals surface area contributed by atoms with E-state index in [1.807, 2.05) is 54.6 Å². The van der Waals surface area contributed by atoms with Crippen LogP contribution in [-0.2, 0) is 0 Å². The number of rotatable bonds is 3. The van der Waals surface area contributed by atoms with Gasteiger partial charge in [-0.15, -0.1) is 0 Å². The van der Waals surface area contributed by atoms with Gasteiger partial charge in [0.05, 0.1) is 7.11 Å². The Labute approximate surface area is 123 Å². The number of hydrogen-bond acceptors (Lipinski definition) is 2. The van der Waals surface area contributed by atoms with Crippen LogP contribution in [-0.4, -0.2) is 13.0 Å². The highest BCUT2D eigenvalue weighted by Gasteiger charge is 2.12. The summed E-state index contributed by atoms with van der Waals surface area (Å²) >= 11 is 0. The Balaban J connectivity index is 2.29. The molecule has 0 aliphatic heterocycles. The number of carbonyl (C=O) groups excluding carboxylic acids is 1. The zero-order chi connectivity index (χ0) is 14.8. The third-order valence-electron chi connectivity index (χ3n) is 3.55. The quantitative estimate of drug-likeness (QED) is 0.795. The molecule has 0 saturated heterocycles. The van der Waals surface area contributed by atoms with Crippen molar-refractivity contribution in [3.8, 4) is 16.9 Å². The number of primary amides is 1. The summed E-state index contributed by atoms with van der Waals surface area (Å²) in [7, 11) is 1.64. The molecule has 0 aliphatic carbocycles. The predicted molar refractivity (Wildman–Crippen MR) is 84.5 cm³/mol. The molecule has 0 unspecified atom stereocenters. The SMILES string of the molecule is COc1cc(-c2ccccc2C(N)=O)cc2ccccc12. The molecule has 0 fully saturated rings. The largest absolute Gasteiger partial charge is 0.496 e. The first-order valence-electron chi connectivity index (χ1n) is 6.66. The van der Waals surface area contributed by atoms with Gasteiger partial charge in [-0.2, -0.15) is 0 Å². The molecule has 3 nitrogen and oxygen atoms in total. The van der Waals surface area contributed by atoms with Crippen LogP contribution in [0.15, 0.2) is 60.7 Å². The summed E-state index contributed by atoms with van der Waals surface area (Å²) in [5, 5.41) is 2.10. The summed E-state index contributed by atoms with van der Waals surface area (Å²) < 4.78 is 5.47. The summed E-state index contributed by atoms with van der Waals surface area (Å²) in [5.74, 6) is 0.347.